The molecule has 0 aliphatic carbocycles. The third-order valence-electron chi connectivity index (χ3n) is 2.69. The summed E-state index contributed by atoms with van der Waals surface area (Å²) in [5.41, 5.74) is 0.754. The highest BCUT2D eigenvalue weighted by Gasteiger charge is 2.36. The molecule has 90 valence electrons. The van der Waals surface area contributed by atoms with Gasteiger partial charge in [-0.1, -0.05) is 0 Å². The van der Waals surface area contributed by atoms with E-state index in [4.69, 9.17) is 0 Å². The van der Waals surface area contributed by atoms with Gasteiger partial charge in [0.2, 0.25) is 5.91 Å². The van der Waals surface area contributed by atoms with Crippen molar-refractivity contribution in [2.45, 2.75) is 6.42 Å². The van der Waals surface area contributed by atoms with Crippen LogP contribution in [0.15, 0.2) is 18.3 Å². The monoisotopic (exact) mass is 346 g/mol. The van der Waals surface area contributed by atoms with Crippen molar-refractivity contribution in [3.8, 4) is 0 Å². The number of aromatic nitrogens is 1. The highest BCUT2D eigenvalue weighted by atomic mass is 127. The lowest BCUT2D eigenvalue weighted by Crippen LogP contribution is -2.27. The van der Waals surface area contributed by atoms with Gasteiger partial charge >= 0.3 is 5.97 Å². The van der Waals surface area contributed by atoms with Gasteiger partial charge in [-0.3, -0.25) is 9.59 Å². The van der Waals surface area contributed by atoms with Crippen LogP contribution in [0.2, 0.25) is 0 Å². The summed E-state index contributed by atoms with van der Waals surface area (Å²) >= 11 is 2.07. The van der Waals surface area contributed by atoms with Crippen LogP contribution in [0.4, 0.5) is 5.69 Å². The molecule has 1 fully saturated rings. The van der Waals surface area contributed by atoms with Crippen molar-refractivity contribution >= 4 is 40.2 Å². The molecule has 0 spiro atoms. The van der Waals surface area contributed by atoms with E-state index in [-0.39, 0.29) is 24.2 Å². The Morgan fingerprint density at radius 2 is 2.41 bits per heavy atom. The summed E-state index contributed by atoms with van der Waals surface area (Å²) in [5, 5.41) is 0. The van der Waals surface area contributed by atoms with Crippen molar-refractivity contribution in [3.63, 3.8) is 0 Å². The molecule has 1 aromatic rings. The van der Waals surface area contributed by atoms with Gasteiger partial charge in [0.15, 0.2) is 0 Å². The van der Waals surface area contributed by atoms with E-state index in [1.54, 1.807) is 17.2 Å². The summed E-state index contributed by atoms with van der Waals surface area (Å²) in [6.07, 6.45) is 1.88. The van der Waals surface area contributed by atoms with Gasteiger partial charge in [-0.2, -0.15) is 0 Å². The highest BCUT2D eigenvalue weighted by molar-refractivity contribution is 14.1. The molecule has 5 nitrogen and oxygen atoms in total. The number of methoxy groups -OCH3 is 1. The van der Waals surface area contributed by atoms with Gasteiger partial charge in [0.25, 0.3) is 0 Å². The standard InChI is InChI=1S/C11H11IN2O3/c1-17-11(16)7-5-9(15)14(6-7)8-3-2-4-13-10(8)12/h2-4,7H,5-6H2,1H3. The largest absolute Gasteiger partial charge is 0.469 e. The van der Waals surface area contributed by atoms with Crippen molar-refractivity contribution in [1.82, 2.24) is 4.98 Å². The van der Waals surface area contributed by atoms with Gasteiger partial charge in [-0.05, 0) is 34.7 Å². The fourth-order valence-electron chi connectivity index (χ4n) is 1.84. The molecular formula is C11H11IN2O3. The predicted octanol–water partition coefficient (Wildman–Crippen LogP) is 1.21. The fraction of sp³-hybridized carbons (Fsp3) is 0.364. The Morgan fingerprint density at radius 3 is 3.06 bits per heavy atom. The summed E-state index contributed by atoms with van der Waals surface area (Å²) in [4.78, 5) is 29.0. The second-order valence-corrected chi connectivity index (χ2v) is 4.76. The first-order valence-corrected chi connectivity index (χ1v) is 6.20. The van der Waals surface area contributed by atoms with E-state index in [0.717, 1.165) is 9.39 Å². The zero-order valence-corrected chi connectivity index (χ0v) is 11.4. The normalized spacial score (nSPS) is 19.5. The van der Waals surface area contributed by atoms with Crippen LogP contribution in [0.25, 0.3) is 0 Å². The summed E-state index contributed by atoms with van der Waals surface area (Å²) in [6, 6.07) is 3.60. The number of amides is 1. The maximum atomic E-state index is 11.8. The predicted molar refractivity (Wildman–Crippen MR) is 69.4 cm³/mol. The molecule has 1 aromatic heterocycles. The molecule has 0 N–H and O–H groups in total. The Balaban J connectivity index is 2.22. The first kappa shape index (κ1) is 12.3. The minimum atomic E-state index is -0.372. The van der Waals surface area contributed by atoms with E-state index in [1.807, 2.05) is 6.07 Å². The minimum Gasteiger partial charge on any atom is -0.469 e. The van der Waals surface area contributed by atoms with Crippen molar-refractivity contribution in [2.24, 2.45) is 5.92 Å². The van der Waals surface area contributed by atoms with Gasteiger partial charge in [0.1, 0.15) is 3.70 Å². The average Bonchev–Trinajstić information content (AvgIpc) is 2.71. The zero-order chi connectivity index (χ0) is 12.4. The van der Waals surface area contributed by atoms with Gasteiger partial charge < -0.3 is 9.64 Å². The van der Waals surface area contributed by atoms with Crippen LogP contribution in [0.5, 0.6) is 0 Å². The Labute approximate surface area is 112 Å². The van der Waals surface area contributed by atoms with Crippen LogP contribution in [-0.2, 0) is 14.3 Å². The number of hydrogen-bond donors (Lipinski definition) is 0. The van der Waals surface area contributed by atoms with E-state index < -0.39 is 0 Å². The van der Waals surface area contributed by atoms with Gasteiger partial charge in [0, 0.05) is 19.2 Å². The second kappa shape index (κ2) is 4.99. The lowest BCUT2D eigenvalue weighted by atomic mass is 10.1. The molecule has 1 saturated heterocycles. The molecule has 6 heteroatoms. The van der Waals surface area contributed by atoms with Crippen LogP contribution in [0.3, 0.4) is 0 Å². The van der Waals surface area contributed by atoms with E-state index in [1.165, 1.54) is 7.11 Å². The van der Waals surface area contributed by atoms with Crippen LogP contribution >= 0.6 is 22.6 Å². The molecule has 1 aliphatic heterocycles. The smallest absolute Gasteiger partial charge is 0.311 e. The van der Waals surface area contributed by atoms with Gasteiger partial charge in [-0.25, -0.2) is 4.98 Å². The number of carbonyl (C=O) groups excluding carboxylic acids is 2. The Morgan fingerprint density at radius 1 is 1.65 bits per heavy atom. The number of carbonyl (C=O) groups is 2. The third-order valence-corrected chi connectivity index (χ3v) is 3.52. The quantitative estimate of drug-likeness (QED) is 0.459. The second-order valence-electron chi connectivity index (χ2n) is 3.74. The lowest BCUT2D eigenvalue weighted by Gasteiger charge is -2.17. The van der Waals surface area contributed by atoms with E-state index in [2.05, 4.69) is 32.3 Å². The first-order chi connectivity index (χ1) is 8.13. The number of ether oxygens (including phenoxy) is 1. The SMILES string of the molecule is COC(=O)C1CC(=O)N(c2cccnc2I)C1. The molecule has 0 saturated carbocycles. The van der Waals surface area contributed by atoms with Gasteiger partial charge in [0.05, 0.1) is 18.7 Å². The maximum Gasteiger partial charge on any atom is 0.311 e. The summed E-state index contributed by atoms with van der Waals surface area (Å²) < 4.78 is 5.42. The number of esters is 1. The number of hydrogen-bond acceptors (Lipinski definition) is 4. The molecule has 17 heavy (non-hydrogen) atoms. The molecular weight excluding hydrogens is 335 g/mol. The van der Waals surface area contributed by atoms with Crippen molar-refractivity contribution in [1.29, 1.82) is 0 Å². The topological polar surface area (TPSA) is 59.5 Å². The lowest BCUT2D eigenvalue weighted by molar-refractivity contribution is -0.145. The fourth-order valence-corrected chi connectivity index (χ4v) is 2.48. The molecule has 2 rings (SSSR count). The van der Waals surface area contributed by atoms with Crippen molar-refractivity contribution in [3.05, 3.63) is 22.0 Å². The van der Waals surface area contributed by atoms with E-state index >= 15 is 0 Å². The Hall–Kier alpha value is -1.18. The average molecular weight is 346 g/mol. The minimum absolute atomic E-state index is 0.0636. The van der Waals surface area contributed by atoms with E-state index in [9.17, 15) is 9.59 Å². The van der Waals surface area contributed by atoms with Crippen LogP contribution in [0, 0.1) is 9.62 Å². The highest BCUT2D eigenvalue weighted by Crippen LogP contribution is 2.28. The number of rotatable bonds is 2. The number of halogens is 1. The molecule has 0 bridgehead atoms. The summed E-state index contributed by atoms with van der Waals surface area (Å²) in [7, 11) is 1.34. The zero-order valence-electron chi connectivity index (χ0n) is 9.22. The Kier molecular flexibility index (Phi) is 3.60. The van der Waals surface area contributed by atoms with Crippen molar-refractivity contribution < 1.29 is 14.3 Å². The molecule has 1 aliphatic rings. The maximum absolute atomic E-state index is 11.8. The van der Waals surface area contributed by atoms with Crippen molar-refractivity contribution in [2.75, 3.05) is 18.6 Å². The Bertz CT molecular complexity index is 464. The first-order valence-electron chi connectivity index (χ1n) is 5.12. The van der Waals surface area contributed by atoms with Crippen LogP contribution < -0.4 is 4.90 Å². The number of nitrogens with zero attached hydrogens (tertiary/aromatic N) is 2. The van der Waals surface area contributed by atoms with Gasteiger partial charge in [-0.15, -0.1) is 0 Å². The molecule has 0 radical (unpaired) electrons. The molecule has 0 aromatic carbocycles. The molecule has 1 unspecified atom stereocenters. The number of anilines is 1. The summed E-state index contributed by atoms with van der Waals surface area (Å²) in [6.45, 7) is 0.368. The molecule has 2 heterocycles. The molecule has 1 atom stereocenters. The van der Waals surface area contributed by atoms with E-state index in [0.29, 0.717) is 6.54 Å². The summed E-state index contributed by atoms with van der Waals surface area (Å²) in [5.74, 6) is -0.769. The van der Waals surface area contributed by atoms with Crippen LogP contribution in [-0.4, -0.2) is 30.5 Å². The number of pyridine rings is 1. The molecule has 1 amide bonds. The third kappa shape index (κ3) is 2.41. The van der Waals surface area contributed by atoms with Crippen LogP contribution in [0.1, 0.15) is 6.42 Å².